The minimum Gasteiger partial charge on any atom is -0.339 e. The number of carbonyl (C=O) groups excluding carboxylic acids is 1. The first-order chi connectivity index (χ1) is 9.09. The van der Waals surface area contributed by atoms with Gasteiger partial charge in [-0.05, 0) is 50.6 Å². The Morgan fingerprint density at radius 1 is 1.42 bits per heavy atom. The highest BCUT2D eigenvalue weighted by Gasteiger charge is 2.23. The van der Waals surface area contributed by atoms with Crippen LogP contribution in [-0.2, 0) is 0 Å². The van der Waals surface area contributed by atoms with Gasteiger partial charge in [-0.2, -0.15) is 0 Å². The molecule has 1 aromatic rings. The molecule has 0 aromatic heterocycles. The summed E-state index contributed by atoms with van der Waals surface area (Å²) in [5.74, 6) is -0.713. The van der Waals surface area contributed by atoms with Crippen molar-refractivity contribution < 1.29 is 9.18 Å². The Morgan fingerprint density at radius 3 is 2.95 bits per heavy atom. The van der Waals surface area contributed by atoms with Gasteiger partial charge in [0.05, 0.1) is 5.56 Å². The van der Waals surface area contributed by atoms with E-state index in [4.69, 9.17) is 0 Å². The largest absolute Gasteiger partial charge is 0.339 e. The van der Waals surface area contributed by atoms with Gasteiger partial charge in [-0.1, -0.05) is 15.9 Å². The summed E-state index contributed by atoms with van der Waals surface area (Å²) in [7, 11) is 1.76. The number of nitrogens with zero attached hydrogens (tertiary/aromatic N) is 1. The third-order valence-electron chi connectivity index (χ3n) is 3.57. The second kappa shape index (κ2) is 6.48. The molecule has 0 spiro atoms. The molecule has 0 saturated carbocycles. The zero-order valence-corrected chi connectivity index (χ0v) is 12.5. The van der Waals surface area contributed by atoms with Crippen molar-refractivity contribution in [3.63, 3.8) is 0 Å². The first-order valence-electron chi connectivity index (χ1n) is 6.52. The molecule has 1 amide bonds. The van der Waals surface area contributed by atoms with Gasteiger partial charge in [0.25, 0.3) is 5.91 Å². The van der Waals surface area contributed by atoms with Gasteiger partial charge in [0.2, 0.25) is 0 Å². The Kier molecular flexibility index (Phi) is 4.93. The molecule has 1 aliphatic heterocycles. The molecular weight excluding hydrogens is 311 g/mol. The Labute approximate surface area is 121 Å². The highest BCUT2D eigenvalue weighted by atomic mass is 79.9. The monoisotopic (exact) mass is 328 g/mol. The molecule has 1 N–H and O–H groups in total. The Hall–Kier alpha value is -0.940. The summed E-state index contributed by atoms with van der Waals surface area (Å²) < 4.78 is 14.5. The lowest BCUT2D eigenvalue weighted by atomic mass is 10.1. The number of hydrogen-bond acceptors (Lipinski definition) is 2. The van der Waals surface area contributed by atoms with Crippen LogP contribution in [0, 0.1) is 5.82 Å². The van der Waals surface area contributed by atoms with Gasteiger partial charge in [-0.15, -0.1) is 0 Å². The molecule has 5 heteroatoms. The van der Waals surface area contributed by atoms with Crippen molar-refractivity contribution in [3.8, 4) is 0 Å². The first-order valence-corrected chi connectivity index (χ1v) is 7.32. The fourth-order valence-electron chi connectivity index (χ4n) is 2.41. The van der Waals surface area contributed by atoms with Gasteiger partial charge in [-0.25, -0.2) is 4.39 Å². The molecule has 19 heavy (non-hydrogen) atoms. The predicted octanol–water partition coefficient (Wildman–Crippen LogP) is 2.80. The van der Waals surface area contributed by atoms with E-state index in [0.29, 0.717) is 4.47 Å². The Morgan fingerprint density at radius 2 is 2.21 bits per heavy atom. The van der Waals surface area contributed by atoms with Gasteiger partial charge in [-0.3, -0.25) is 4.79 Å². The standard InChI is InChI=1S/C14H18BrFN2O/c1-18(11-3-2-7-17-8-6-11)14(19)12-5-4-10(15)9-13(12)16/h4-5,9,11,17H,2-3,6-8H2,1H3. The van der Waals surface area contributed by atoms with Crippen molar-refractivity contribution in [2.45, 2.75) is 25.3 Å². The molecule has 1 heterocycles. The molecule has 1 aromatic carbocycles. The minimum atomic E-state index is -0.474. The normalized spacial score (nSPS) is 19.8. The van der Waals surface area contributed by atoms with E-state index in [1.165, 1.54) is 12.1 Å². The summed E-state index contributed by atoms with van der Waals surface area (Å²) in [4.78, 5) is 14.0. The van der Waals surface area contributed by atoms with E-state index in [9.17, 15) is 9.18 Å². The van der Waals surface area contributed by atoms with E-state index in [1.54, 1.807) is 18.0 Å². The van der Waals surface area contributed by atoms with Gasteiger partial charge < -0.3 is 10.2 Å². The van der Waals surface area contributed by atoms with Crippen LogP contribution in [0.1, 0.15) is 29.6 Å². The van der Waals surface area contributed by atoms with Gasteiger partial charge in [0.15, 0.2) is 0 Å². The van der Waals surface area contributed by atoms with Crippen LogP contribution in [-0.4, -0.2) is 37.0 Å². The maximum Gasteiger partial charge on any atom is 0.256 e. The number of benzene rings is 1. The molecule has 0 aliphatic carbocycles. The second-order valence-electron chi connectivity index (χ2n) is 4.87. The van der Waals surface area contributed by atoms with Crippen LogP contribution in [0.5, 0.6) is 0 Å². The summed E-state index contributed by atoms with van der Waals surface area (Å²) in [6.45, 7) is 1.90. The number of halogens is 2. The lowest BCUT2D eigenvalue weighted by Crippen LogP contribution is -2.38. The summed E-state index contributed by atoms with van der Waals surface area (Å²) >= 11 is 3.20. The third-order valence-corrected chi connectivity index (χ3v) is 4.07. The summed E-state index contributed by atoms with van der Waals surface area (Å²) in [6.07, 6.45) is 2.93. The van der Waals surface area contributed by atoms with Crippen LogP contribution in [0.2, 0.25) is 0 Å². The molecule has 1 fully saturated rings. The highest BCUT2D eigenvalue weighted by Crippen LogP contribution is 2.19. The van der Waals surface area contributed by atoms with Crippen molar-refractivity contribution in [1.82, 2.24) is 10.2 Å². The van der Waals surface area contributed by atoms with Crippen LogP contribution < -0.4 is 5.32 Å². The minimum absolute atomic E-state index is 0.142. The number of nitrogens with one attached hydrogen (secondary N) is 1. The fraction of sp³-hybridized carbons (Fsp3) is 0.500. The Balaban J connectivity index is 2.13. The average Bonchev–Trinajstić information content (AvgIpc) is 2.66. The molecule has 1 saturated heterocycles. The number of amides is 1. The van der Waals surface area contributed by atoms with Crippen LogP contribution in [0.3, 0.4) is 0 Å². The lowest BCUT2D eigenvalue weighted by molar-refractivity contribution is 0.0715. The SMILES string of the molecule is CN(C(=O)c1ccc(Br)cc1F)C1CCCNCC1. The quantitative estimate of drug-likeness (QED) is 0.905. The summed E-state index contributed by atoms with van der Waals surface area (Å²) in [5.41, 5.74) is 0.142. The number of rotatable bonds is 2. The molecule has 0 radical (unpaired) electrons. The first kappa shape index (κ1) is 14.5. The molecule has 3 nitrogen and oxygen atoms in total. The molecular formula is C14H18BrFN2O. The zero-order valence-electron chi connectivity index (χ0n) is 11.0. The molecule has 104 valence electrons. The van der Waals surface area contributed by atoms with Crippen molar-refractivity contribution in [1.29, 1.82) is 0 Å². The van der Waals surface area contributed by atoms with E-state index in [0.717, 1.165) is 32.4 Å². The maximum absolute atomic E-state index is 13.8. The molecule has 1 atom stereocenters. The molecule has 2 rings (SSSR count). The van der Waals surface area contributed by atoms with Crippen LogP contribution in [0.15, 0.2) is 22.7 Å². The Bertz CT molecular complexity index is 459. The number of hydrogen-bond donors (Lipinski definition) is 1. The summed E-state index contributed by atoms with van der Waals surface area (Å²) in [5, 5.41) is 3.31. The summed E-state index contributed by atoms with van der Waals surface area (Å²) in [6, 6.07) is 4.74. The third kappa shape index (κ3) is 3.54. The van der Waals surface area contributed by atoms with Crippen LogP contribution in [0.25, 0.3) is 0 Å². The van der Waals surface area contributed by atoms with E-state index < -0.39 is 5.82 Å². The smallest absolute Gasteiger partial charge is 0.256 e. The molecule has 1 unspecified atom stereocenters. The molecule has 1 aliphatic rings. The fourth-order valence-corrected chi connectivity index (χ4v) is 2.74. The van der Waals surface area contributed by atoms with E-state index in [-0.39, 0.29) is 17.5 Å². The maximum atomic E-state index is 13.8. The topological polar surface area (TPSA) is 32.3 Å². The predicted molar refractivity (Wildman–Crippen MR) is 76.7 cm³/mol. The number of carbonyl (C=O) groups is 1. The van der Waals surface area contributed by atoms with Crippen molar-refractivity contribution >= 4 is 21.8 Å². The average molecular weight is 329 g/mol. The molecule has 0 bridgehead atoms. The van der Waals surface area contributed by atoms with E-state index in [1.807, 2.05) is 0 Å². The second-order valence-corrected chi connectivity index (χ2v) is 5.79. The van der Waals surface area contributed by atoms with Gasteiger partial charge in [0, 0.05) is 17.6 Å². The zero-order chi connectivity index (χ0) is 13.8. The van der Waals surface area contributed by atoms with E-state index >= 15 is 0 Å². The van der Waals surface area contributed by atoms with Crippen molar-refractivity contribution in [2.75, 3.05) is 20.1 Å². The van der Waals surface area contributed by atoms with Crippen LogP contribution >= 0.6 is 15.9 Å². The van der Waals surface area contributed by atoms with Gasteiger partial charge >= 0.3 is 0 Å². The van der Waals surface area contributed by atoms with Crippen LogP contribution in [0.4, 0.5) is 4.39 Å². The van der Waals surface area contributed by atoms with Crippen molar-refractivity contribution in [3.05, 3.63) is 34.1 Å². The lowest BCUT2D eigenvalue weighted by Gasteiger charge is -2.27. The van der Waals surface area contributed by atoms with Crippen molar-refractivity contribution in [2.24, 2.45) is 0 Å². The highest BCUT2D eigenvalue weighted by molar-refractivity contribution is 9.10. The van der Waals surface area contributed by atoms with Gasteiger partial charge in [0.1, 0.15) is 5.82 Å². The van der Waals surface area contributed by atoms with E-state index in [2.05, 4.69) is 21.2 Å².